The van der Waals surface area contributed by atoms with Gasteiger partial charge in [-0.25, -0.2) is 0 Å². The van der Waals surface area contributed by atoms with E-state index < -0.39 is 6.08 Å². The lowest BCUT2D eigenvalue weighted by molar-refractivity contribution is -0.213. The van der Waals surface area contributed by atoms with Gasteiger partial charge in [0.25, 0.3) is 6.08 Å². The summed E-state index contributed by atoms with van der Waals surface area (Å²) in [5.41, 5.74) is 0. The van der Waals surface area contributed by atoms with E-state index in [1.807, 2.05) is 0 Å². The SMILES string of the molecule is CC/C=C\CC1CCC(OCCCC2OCC(C3CCC(C=C(F)F)CC3)CO2)CC1. The van der Waals surface area contributed by atoms with Gasteiger partial charge in [-0.05, 0) is 94.5 Å². The van der Waals surface area contributed by atoms with Crippen LogP contribution in [-0.4, -0.2) is 32.2 Å². The molecule has 3 nitrogen and oxygen atoms in total. The molecule has 178 valence electrons. The summed E-state index contributed by atoms with van der Waals surface area (Å²) in [4.78, 5) is 0. The van der Waals surface area contributed by atoms with Gasteiger partial charge >= 0.3 is 0 Å². The Morgan fingerprint density at radius 3 is 2.26 bits per heavy atom. The molecule has 3 fully saturated rings. The van der Waals surface area contributed by atoms with Crippen LogP contribution in [0.4, 0.5) is 8.78 Å². The van der Waals surface area contributed by atoms with E-state index in [2.05, 4.69) is 19.1 Å². The summed E-state index contributed by atoms with van der Waals surface area (Å²) in [5, 5.41) is 0. The van der Waals surface area contributed by atoms with Crippen molar-refractivity contribution >= 4 is 0 Å². The number of halogens is 2. The summed E-state index contributed by atoms with van der Waals surface area (Å²) < 4.78 is 42.9. The third kappa shape index (κ3) is 8.94. The molecule has 0 aromatic carbocycles. The molecule has 0 atom stereocenters. The van der Waals surface area contributed by atoms with Crippen LogP contribution in [0.5, 0.6) is 0 Å². The first-order chi connectivity index (χ1) is 15.1. The van der Waals surface area contributed by atoms with Gasteiger partial charge in [-0.15, -0.1) is 0 Å². The largest absolute Gasteiger partial charge is 0.378 e. The Morgan fingerprint density at radius 2 is 1.61 bits per heavy atom. The molecule has 0 aromatic rings. The highest BCUT2D eigenvalue weighted by atomic mass is 19.3. The van der Waals surface area contributed by atoms with E-state index in [0.29, 0.717) is 17.9 Å². The van der Waals surface area contributed by atoms with E-state index >= 15 is 0 Å². The second-order valence-electron chi connectivity index (χ2n) is 9.76. The summed E-state index contributed by atoms with van der Waals surface area (Å²) in [6, 6.07) is 0. The third-order valence-electron chi connectivity index (χ3n) is 7.44. The third-order valence-corrected chi connectivity index (χ3v) is 7.44. The normalized spacial score (nSPS) is 34.7. The summed E-state index contributed by atoms with van der Waals surface area (Å²) in [5.74, 6) is 1.85. The number of allylic oxidation sites excluding steroid dienone is 3. The molecule has 1 heterocycles. The minimum atomic E-state index is -1.54. The Balaban J connectivity index is 1.21. The molecule has 5 heteroatoms. The lowest BCUT2D eigenvalue weighted by atomic mass is 9.76. The van der Waals surface area contributed by atoms with Crippen molar-refractivity contribution in [3.63, 3.8) is 0 Å². The molecule has 1 aliphatic heterocycles. The van der Waals surface area contributed by atoms with Crippen molar-refractivity contribution in [2.75, 3.05) is 19.8 Å². The van der Waals surface area contributed by atoms with Crippen LogP contribution in [0, 0.1) is 23.7 Å². The van der Waals surface area contributed by atoms with Gasteiger partial charge in [0.15, 0.2) is 6.29 Å². The second-order valence-corrected chi connectivity index (χ2v) is 9.76. The van der Waals surface area contributed by atoms with Gasteiger partial charge in [-0.2, -0.15) is 8.78 Å². The lowest BCUT2D eigenvalue weighted by Gasteiger charge is -2.37. The number of hydrogen-bond acceptors (Lipinski definition) is 3. The summed E-state index contributed by atoms with van der Waals surface area (Å²) >= 11 is 0. The van der Waals surface area contributed by atoms with Crippen LogP contribution >= 0.6 is 0 Å². The van der Waals surface area contributed by atoms with Crippen molar-refractivity contribution in [3.05, 3.63) is 24.3 Å². The van der Waals surface area contributed by atoms with Gasteiger partial charge in [-0.3, -0.25) is 0 Å². The topological polar surface area (TPSA) is 27.7 Å². The maximum atomic E-state index is 12.4. The Morgan fingerprint density at radius 1 is 0.903 bits per heavy atom. The molecular weight excluding hydrogens is 398 g/mol. The smallest absolute Gasteiger partial charge is 0.266 e. The predicted octanol–water partition coefficient (Wildman–Crippen LogP) is 7.27. The van der Waals surface area contributed by atoms with E-state index in [1.54, 1.807) is 0 Å². The quantitative estimate of drug-likeness (QED) is 0.264. The molecule has 3 rings (SSSR count). The number of rotatable bonds is 10. The Kier molecular flexibility index (Phi) is 11.0. The molecule has 2 saturated carbocycles. The monoisotopic (exact) mass is 440 g/mol. The summed E-state index contributed by atoms with van der Waals surface area (Å²) in [6.07, 6.45) is 17.4. The van der Waals surface area contributed by atoms with Gasteiger partial charge in [0.1, 0.15) is 0 Å². The molecule has 0 spiro atoms. The van der Waals surface area contributed by atoms with Gasteiger partial charge in [0.05, 0.1) is 19.3 Å². The van der Waals surface area contributed by atoms with E-state index in [1.165, 1.54) is 32.1 Å². The van der Waals surface area contributed by atoms with E-state index in [0.717, 1.165) is 76.8 Å². The van der Waals surface area contributed by atoms with Crippen LogP contribution in [0.25, 0.3) is 0 Å². The summed E-state index contributed by atoms with van der Waals surface area (Å²) in [7, 11) is 0. The average Bonchev–Trinajstić information content (AvgIpc) is 2.78. The molecular formula is C26H42F2O3. The molecule has 2 aliphatic carbocycles. The Labute approximate surface area is 187 Å². The van der Waals surface area contributed by atoms with Crippen molar-refractivity contribution in [1.82, 2.24) is 0 Å². The predicted molar refractivity (Wildman–Crippen MR) is 120 cm³/mol. The standard InChI is InChI=1S/C26H42F2O3/c1-2-3-4-6-20-10-14-24(15-11-20)29-16-5-7-26-30-18-23(19-31-26)22-12-8-21(9-13-22)17-25(27)28/h3-4,17,20-24,26H,2,5-16,18-19H2,1H3/b4-3-. The number of hydrogen-bond donors (Lipinski definition) is 0. The first-order valence-corrected chi connectivity index (χ1v) is 12.7. The zero-order valence-corrected chi connectivity index (χ0v) is 19.3. The molecule has 3 aliphatic rings. The molecule has 31 heavy (non-hydrogen) atoms. The minimum absolute atomic E-state index is 0.0485. The van der Waals surface area contributed by atoms with Crippen LogP contribution in [0.3, 0.4) is 0 Å². The number of ether oxygens (including phenoxy) is 3. The van der Waals surface area contributed by atoms with Crippen LogP contribution < -0.4 is 0 Å². The van der Waals surface area contributed by atoms with Crippen LogP contribution in [0.1, 0.15) is 84.0 Å². The van der Waals surface area contributed by atoms with Gasteiger partial charge < -0.3 is 14.2 Å². The van der Waals surface area contributed by atoms with E-state index in [4.69, 9.17) is 14.2 Å². The van der Waals surface area contributed by atoms with E-state index in [-0.39, 0.29) is 12.2 Å². The fourth-order valence-electron chi connectivity index (χ4n) is 5.45. The Hall–Kier alpha value is -0.780. The highest BCUT2D eigenvalue weighted by molar-refractivity contribution is 4.92. The van der Waals surface area contributed by atoms with Crippen molar-refractivity contribution < 1.29 is 23.0 Å². The van der Waals surface area contributed by atoms with Crippen molar-refractivity contribution in [2.45, 2.75) is 96.4 Å². The van der Waals surface area contributed by atoms with Gasteiger partial charge in [-0.1, -0.05) is 19.1 Å². The van der Waals surface area contributed by atoms with Crippen molar-refractivity contribution in [3.8, 4) is 0 Å². The van der Waals surface area contributed by atoms with Crippen molar-refractivity contribution in [1.29, 1.82) is 0 Å². The average molecular weight is 441 g/mol. The molecule has 0 aromatic heterocycles. The molecule has 0 unspecified atom stereocenters. The maximum absolute atomic E-state index is 12.4. The lowest BCUT2D eigenvalue weighted by Crippen LogP contribution is -2.37. The van der Waals surface area contributed by atoms with E-state index in [9.17, 15) is 8.78 Å². The molecule has 0 radical (unpaired) electrons. The fraction of sp³-hybridized carbons (Fsp3) is 0.846. The highest BCUT2D eigenvalue weighted by Gasteiger charge is 2.31. The molecule has 0 bridgehead atoms. The van der Waals surface area contributed by atoms with Gasteiger partial charge in [0.2, 0.25) is 0 Å². The maximum Gasteiger partial charge on any atom is 0.266 e. The van der Waals surface area contributed by atoms with Crippen LogP contribution in [-0.2, 0) is 14.2 Å². The fourth-order valence-corrected chi connectivity index (χ4v) is 5.45. The first kappa shape index (κ1) is 24.9. The zero-order valence-electron chi connectivity index (χ0n) is 19.3. The first-order valence-electron chi connectivity index (χ1n) is 12.7. The zero-order chi connectivity index (χ0) is 21.9. The molecule has 1 saturated heterocycles. The second kappa shape index (κ2) is 13.7. The highest BCUT2D eigenvalue weighted by Crippen LogP contribution is 2.36. The van der Waals surface area contributed by atoms with Crippen LogP contribution in [0.15, 0.2) is 24.3 Å². The van der Waals surface area contributed by atoms with Gasteiger partial charge in [0, 0.05) is 18.9 Å². The molecule has 0 N–H and O–H groups in total. The summed E-state index contributed by atoms with van der Waals surface area (Å²) in [6.45, 7) is 4.46. The Bertz CT molecular complexity index is 537. The van der Waals surface area contributed by atoms with Crippen LogP contribution in [0.2, 0.25) is 0 Å². The van der Waals surface area contributed by atoms with Crippen molar-refractivity contribution in [2.24, 2.45) is 23.7 Å². The minimum Gasteiger partial charge on any atom is -0.378 e. The molecule has 0 amide bonds.